The Morgan fingerprint density at radius 1 is 1.06 bits per heavy atom. The monoisotopic (exact) mass is 491 g/mol. The molecule has 178 valence electrons. The van der Waals surface area contributed by atoms with Crippen LogP contribution in [-0.4, -0.2) is 36.6 Å². The van der Waals surface area contributed by atoms with Gasteiger partial charge in [0.2, 0.25) is 16.7 Å². The molecule has 1 fully saturated rings. The molecule has 3 aromatic rings. The van der Waals surface area contributed by atoms with Crippen molar-refractivity contribution in [3.8, 4) is 5.75 Å². The van der Waals surface area contributed by atoms with Gasteiger partial charge in [0.25, 0.3) is 5.91 Å². The Morgan fingerprint density at radius 2 is 1.77 bits per heavy atom. The van der Waals surface area contributed by atoms with Crippen molar-refractivity contribution in [1.29, 1.82) is 0 Å². The number of hydrogen-bond acceptors (Lipinski definition) is 5. The van der Waals surface area contributed by atoms with Crippen molar-refractivity contribution in [2.24, 2.45) is 0 Å². The molecule has 1 atom stereocenters. The van der Waals surface area contributed by atoms with Crippen molar-refractivity contribution in [3.05, 3.63) is 84.2 Å². The summed E-state index contributed by atoms with van der Waals surface area (Å²) >= 11 is 1.20. The number of ether oxygens (including phenoxy) is 1. The Hall–Kier alpha value is -3.85. The van der Waals surface area contributed by atoms with Crippen molar-refractivity contribution < 1.29 is 23.5 Å². The Balaban J connectivity index is 1.49. The molecular formula is C26H22FN3O4S. The molecule has 0 radical (unpaired) electrons. The third kappa shape index (κ3) is 3.81. The second-order valence-electron chi connectivity index (χ2n) is 8.02. The minimum Gasteiger partial charge on any atom is -0.492 e. The van der Waals surface area contributed by atoms with Gasteiger partial charge in [0.05, 0.1) is 23.7 Å². The van der Waals surface area contributed by atoms with Crippen LogP contribution in [0.4, 0.5) is 21.5 Å². The highest BCUT2D eigenvalue weighted by Gasteiger charge is 2.61. The van der Waals surface area contributed by atoms with E-state index in [1.54, 1.807) is 42.5 Å². The van der Waals surface area contributed by atoms with Crippen LogP contribution in [0.25, 0.3) is 0 Å². The van der Waals surface area contributed by atoms with E-state index in [1.807, 2.05) is 13.0 Å². The van der Waals surface area contributed by atoms with E-state index in [0.717, 1.165) is 0 Å². The number of rotatable bonds is 6. The normalized spacial score (nSPS) is 18.8. The molecule has 9 heteroatoms. The molecule has 2 aliphatic heterocycles. The predicted octanol–water partition coefficient (Wildman–Crippen LogP) is 4.14. The first kappa shape index (κ1) is 22.9. The molecular weight excluding hydrogens is 469 g/mol. The Kier molecular flexibility index (Phi) is 5.94. The summed E-state index contributed by atoms with van der Waals surface area (Å²) in [7, 11) is 0. The van der Waals surface area contributed by atoms with Gasteiger partial charge in [-0.25, -0.2) is 4.39 Å². The number of carbonyl (C=O) groups is 3. The number of fused-ring (bicyclic) bond motifs is 2. The second-order valence-corrected chi connectivity index (χ2v) is 9.19. The highest BCUT2D eigenvalue weighted by atomic mass is 32.2. The molecule has 0 aromatic heterocycles. The van der Waals surface area contributed by atoms with Gasteiger partial charge in [-0.1, -0.05) is 30.3 Å². The molecule has 3 aromatic carbocycles. The SMILES string of the molecule is CCOc1ccccc1NC(=O)CN1C(=O)[C@]2(SCC(=O)N2c2ccc(F)cc2)c2ccccc21. The lowest BCUT2D eigenvalue weighted by atomic mass is 10.0. The standard InChI is InChI=1S/C26H22FN3O4S/c1-2-34-22-10-6-4-8-20(22)28-23(31)15-29-21-9-5-3-7-19(21)26(25(29)33)30(24(32)16-35-26)18-13-11-17(27)12-14-18/h3-14H,2,15-16H2,1H3,(H,28,31)/t26-/m1/s1. The van der Waals surface area contributed by atoms with Crippen molar-refractivity contribution in [1.82, 2.24) is 0 Å². The average molecular weight is 492 g/mol. The fourth-order valence-electron chi connectivity index (χ4n) is 4.49. The highest BCUT2D eigenvalue weighted by Crippen LogP contribution is 2.55. The molecule has 3 amide bonds. The van der Waals surface area contributed by atoms with E-state index >= 15 is 0 Å². The third-order valence-corrected chi connectivity index (χ3v) is 7.30. The predicted molar refractivity (Wildman–Crippen MR) is 133 cm³/mol. The molecule has 1 N–H and O–H groups in total. The number of thioether (sulfide) groups is 1. The van der Waals surface area contributed by atoms with Crippen molar-refractivity contribution in [2.45, 2.75) is 11.8 Å². The fraction of sp³-hybridized carbons (Fsp3) is 0.192. The first-order valence-corrected chi connectivity index (χ1v) is 12.1. The molecule has 2 aliphatic rings. The maximum atomic E-state index is 14.0. The van der Waals surface area contributed by atoms with Crippen LogP contribution < -0.4 is 19.9 Å². The number of para-hydroxylation sites is 3. The Morgan fingerprint density at radius 3 is 2.54 bits per heavy atom. The van der Waals surface area contributed by atoms with E-state index in [2.05, 4.69) is 5.32 Å². The molecule has 0 aliphatic carbocycles. The van der Waals surface area contributed by atoms with Gasteiger partial charge in [-0.3, -0.25) is 24.2 Å². The first-order valence-electron chi connectivity index (χ1n) is 11.1. The largest absolute Gasteiger partial charge is 0.492 e. The molecule has 0 unspecified atom stereocenters. The summed E-state index contributed by atoms with van der Waals surface area (Å²) in [6, 6.07) is 19.7. The van der Waals surface area contributed by atoms with Crippen LogP contribution in [-0.2, 0) is 19.3 Å². The zero-order valence-corrected chi connectivity index (χ0v) is 19.7. The van der Waals surface area contributed by atoms with Gasteiger partial charge in [-0.15, -0.1) is 11.8 Å². The van der Waals surface area contributed by atoms with Gasteiger partial charge in [-0.05, 0) is 49.4 Å². The van der Waals surface area contributed by atoms with E-state index in [0.29, 0.717) is 35.0 Å². The molecule has 5 rings (SSSR count). The molecule has 2 heterocycles. The van der Waals surface area contributed by atoms with Crippen LogP contribution in [0.5, 0.6) is 5.75 Å². The zero-order valence-electron chi connectivity index (χ0n) is 18.9. The number of hydrogen-bond donors (Lipinski definition) is 1. The van der Waals surface area contributed by atoms with Gasteiger partial charge >= 0.3 is 0 Å². The second kappa shape index (κ2) is 9.07. The maximum absolute atomic E-state index is 14.0. The van der Waals surface area contributed by atoms with Gasteiger partial charge in [-0.2, -0.15) is 0 Å². The number of halogens is 1. The van der Waals surface area contributed by atoms with E-state index in [9.17, 15) is 18.8 Å². The summed E-state index contributed by atoms with van der Waals surface area (Å²) in [5.74, 6) is -0.883. The van der Waals surface area contributed by atoms with Crippen molar-refractivity contribution in [3.63, 3.8) is 0 Å². The maximum Gasteiger partial charge on any atom is 0.269 e. The summed E-state index contributed by atoms with van der Waals surface area (Å²) in [5.41, 5.74) is 2.10. The summed E-state index contributed by atoms with van der Waals surface area (Å²) in [6.07, 6.45) is 0. The molecule has 0 bridgehead atoms. The van der Waals surface area contributed by atoms with E-state index < -0.39 is 22.5 Å². The van der Waals surface area contributed by atoms with Crippen LogP contribution in [0.3, 0.4) is 0 Å². The number of benzene rings is 3. The Bertz CT molecular complexity index is 1320. The number of amides is 3. The summed E-state index contributed by atoms with van der Waals surface area (Å²) in [5, 5.41) is 2.82. The number of carbonyl (C=O) groups excluding carboxylic acids is 3. The lowest BCUT2D eigenvalue weighted by Gasteiger charge is -2.33. The lowest BCUT2D eigenvalue weighted by molar-refractivity contribution is -0.124. The molecule has 35 heavy (non-hydrogen) atoms. The summed E-state index contributed by atoms with van der Waals surface area (Å²) < 4.78 is 19.2. The minimum absolute atomic E-state index is 0.0826. The fourth-order valence-corrected chi connectivity index (χ4v) is 5.85. The molecule has 1 saturated heterocycles. The smallest absolute Gasteiger partial charge is 0.269 e. The summed E-state index contributed by atoms with van der Waals surface area (Å²) in [6.45, 7) is 2.05. The quantitative estimate of drug-likeness (QED) is 0.561. The van der Waals surface area contributed by atoms with Crippen molar-refractivity contribution >= 4 is 46.5 Å². The third-order valence-electron chi connectivity index (χ3n) is 5.91. The van der Waals surface area contributed by atoms with Crippen LogP contribution in [0.2, 0.25) is 0 Å². The number of nitrogens with zero attached hydrogens (tertiary/aromatic N) is 2. The lowest BCUT2D eigenvalue weighted by Crippen LogP contribution is -2.50. The minimum atomic E-state index is -1.37. The zero-order chi connectivity index (χ0) is 24.6. The van der Waals surface area contributed by atoms with Gasteiger partial charge in [0, 0.05) is 11.3 Å². The first-order chi connectivity index (χ1) is 17.0. The van der Waals surface area contributed by atoms with E-state index in [4.69, 9.17) is 4.74 Å². The van der Waals surface area contributed by atoms with Gasteiger partial charge < -0.3 is 10.1 Å². The van der Waals surface area contributed by atoms with Crippen LogP contribution in [0.1, 0.15) is 12.5 Å². The highest BCUT2D eigenvalue weighted by molar-refractivity contribution is 8.02. The van der Waals surface area contributed by atoms with Crippen LogP contribution in [0.15, 0.2) is 72.8 Å². The van der Waals surface area contributed by atoms with Crippen LogP contribution >= 0.6 is 11.8 Å². The molecule has 1 spiro atoms. The Labute approximate surface area is 205 Å². The van der Waals surface area contributed by atoms with Crippen molar-refractivity contribution in [2.75, 3.05) is 34.0 Å². The molecule has 7 nitrogen and oxygen atoms in total. The summed E-state index contributed by atoms with van der Waals surface area (Å²) in [4.78, 5) is 41.5. The van der Waals surface area contributed by atoms with E-state index in [-0.39, 0.29) is 18.2 Å². The van der Waals surface area contributed by atoms with Gasteiger partial charge in [0.1, 0.15) is 18.1 Å². The van der Waals surface area contributed by atoms with Gasteiger partial charge in [0.15, 0.2) is 0 Å². The molecule has 0 saturated carbocycles. The number of anilines is 3. The van der Waals surface area contributed by atoms with Crippen LogP contribution in [0, 0.1) is 5.82 Å². The number of nitrogens with one attached hydrogen (secondary N) is 1. The van der Waals surface area contributed by atoms with E-state index in [1.165, 1.54) is 45.8 Å². The topological polar surface area (TPSA) is 79.0 Å². The average Bonchev–Trinajstić information content (AvgIpc) is 3.32.